The van der Waals surface area contributed by atoms with E-state index in [1.54, 1.807) is 0 Å². The number of nitrogens with one attached hydrogen (secondary N) is 1. The minimum absolute atomic E-state index is 0.0113. The normalized spacial score (nSPS) is 14.0. The van der Waals surface area contributed by atoms with Gasteiger partial charge >= 0.3 is 5.97 Å². The van der Waals surface area contributed by atoms with Crippen molar-refractivity contribution in [3.63, 3.8) is 0 Å². The van der Waals surface area contributed by atoms with E-state index in [1.165, 1.54) is 116 Å². The summed E-state index contributed by atoms with van der Waals surface area (Å²) >= 11 is 0. The number of amides is 1. The number of hydrogen-bond acceptors (Lipinski definition) is 5. The highest BCUT2D eigenvalue weighted by atomic mass is 16.5. The van der Waals surface area contributed by atoms with Crippen LogP contribution in [0.3, 0.4) is 0 Å². The molecule has 0 saturated carbocycles. The summed E-state index contributed by atoms with van der Waals surface area (Å²) in [4.78, 5) is 26.2. The third-order valence-electron chi connectivity index (χ3n) is 12.2. The number of aliphatic hydroxyl groups excluding tert-OH is 2. The lowest BCUT2D eigenvalue weighted by molar-refractivity contribution is -0.151. The van der Waals surface area contributed by atoms with E-state index in [0.717, 1.165) is 83.5 Å². The zero-order valence-electron chi connectivity index (χ0n) is 44.2. The molecule has 0 aromatic carbocycles. The molecule has 0 aliphatic rings. The highest BCUT2D eigenvalue weighted by Gasteiger charge is 2.24. The number of rotatable bonds is 49. The molecule has 0 rings (SSSR count). The van der Waals surface area contributed by atoms with Crippen molar-refractivity contribution in [3.8, 4) is 0 Å². The minimum Gasteiger partial charge on any atom is -0.462 e. The molecule has 6 nitrogen and oxygen atoms in total. The van der Waals surface area contributed by atoms with Crippen LogP contribution in [-0.4, -0.2) is 46.9 Å². The first-order valence-electron chi connectivity index (χ1n) is 28.2. The molecule has 3 unspecified atom stereocenters. The summed E-state index contributed by atoms with van der Waals surface area (Å²) in [6.45, 7) is 6.29. The predicted molar refractivity (Wildman–Crippen MR) is 296 cm³/mol. The standard InChI is InChI=1S/C62H105NO5/c1-4-7-10-13-16-19-22-25-28-30-33-36-39-42-45-48-51-54-60(65)59(57-64)63-61(66)56-58(53-50-47-44-41-38-35-32-27-24-21-18-15-12-9-6-3)68-62(67)55-52-49-46-43-40-37-34-31-29-26-23-20-17-14-11-8-5-2/h9,12,15,17-18,20-21,24,26-27,29,32,34-35,37-38,41,44,58-60,64-65H,4-8,10-11,13-14,16,19,22-23,25,28,30-31,33,36,39-40,42-43,45-57H2,1-3H3,(H,63,66)/b12-9-,18-15+,20-17-,24-21+,29-26-,32-27-,37-34-,38-35+,44-41+. The first-order chi connectivity index (χ1) is 33.5. The lowest BCUT2D eigenvalue weighted by atomic mass is 10.0. The molecular formula is C62H105NO5. The molecule has 0 fully saturated rings. The van der Waals surface area contributed by atoms with Gasteiger partial charge in [0.15, 0.2) is 0 Å². The average molecular weight is 945 g/mol. The van der Waals surface area contributed by atoms with Crippen LogP contribution in [0.25, 0.3) is 0 Å². The van der Waals surface area contributed by atoms with Crippen molar-refractivity contribution >= 4 is 11.9 Å². The molecular weight excluding hydrogens is 839 g/mol. The van der Waals surface area contributed by atoms with Crippen LogP contribution in [0, 0.1) is 0 Å². The van der Waals surface area contributed by atoms with Gasteiger partial charge in [-0.05, 0) is 77.0 Å². The number of allylic oxidation sites excluding steroid dienone is 18. The van der Waals surface area contributed by atoms with Crippen molar-refractivity contribution in [1.29, 1.82) is 0 Å². The van der Waals surface area contributed by atoms with Gasteiger partial charge < -0.3 is 20.3 Å². The van der Waals surface area contributed by atoms with E-state index in [0.29, 0.717) is 19.3 Å². The van der Waals surface area contributed by atoms with Crippen LogP contribution in [0.1, 0.15) is 245 Å². The molecule has 3 atom stereocenters. The van der Waals surface area contributed by atoms with E-state index in [9.17, 15) is 19.8 Å². The number of esters is 1. The fourth-order valence-corrected chi connectivity index (χ4v) is 8.00. The van der Waals surface area contributed by atoms with Crippen molar-refractivity contribution < 1.29 is 24.5 Å². The van der Waals surface area contributed by atoms with E-state index in [2.05, 4.69) is 74.7 Å². The summed E-state index contributed by atoms with van der Waals surface area (Å²) < 4.78 is 5.90. The number of ether oxygens (including phenoxy) is 1. The second-order valence-electron chi connectivity index (χ2n) is 18.8. The topological polar surface area (TPSA) is 95.9 Å². The van der Waals surface area contributed by atoms with Gasteiger partial charge in [-0.3, -0.25) is 9.59 Å². The summed E-state index contributed by atoms with van der Waals surface area (Å²) in [6.07, 6.45) is 74.4. The fraction of sp³-hybridized carbons (Fsp3) is 0.677. The number of unbranched alkanes of at least 4 members (excludes halogenated alkanes) is 24. The maximum atomic E-state index is 13.3. The van der Waals surface area contributed by atoms with E-state index in [4.69, 9.17) is 4.74 Å². The fourth-order valence-electron chi connectivity index (χ4n) is 8.00. The summed E-state index contributed by atoms with van der Waals surface area (Å²) in [5.74, 6) is -0.580. The Kier molecular flexibility index (Phi) is 51.7. The zero-order chi connectivity index (χ0) is 49.5. The van der Waals surface area contributed by atoms with Crippen molar-refractivity contribution in [1.82, 2.24) is 5.32 Å². The Balaban J connectivity index is 4.71. The SMILES string of the molecule is CC\C=C/C=C/C=C/C=C\C=C\C=C\CCCC(CC(=O)NC(CO)C(O)CCCCCCCCCCCCCCCCCCC)OC(=O)CCCCCC/C=C\C/C=C\C/C=C\CCCCC. The largest absolute Gasteiger partial charge is 0.462 e. The Morgan fingerprint density at radius 2 is 0.868 bits per heavy atom. The van der Waals surface area contributed by atoms with E-state index in [1.807, 2.05) is 60.8 Å². The second kappa shape index (κ2) is 54.5. The second-order valence-corrected chi connectivity index (χ2v) is 18.8. The smallest absolute Gasteiger partial charge is 0.306 e. The van der Waals surface area contributed by atoms with Gasteiger partial charge in [0.25, 0.3) is 0 Å². The van der Waals surface area contributed by atoms with Crippen molar-refractivity contribution in [2.24, 2.45) is 0 Å². The van der Waals surface area contributed by atoms with Crippen molar-refractivity contribution in [3.05, 3.63) is 109 Å². The lowest BCUT2D eigenvalue weighted by Crippen LogP contribution is -2.46. The van der Waals surface area contributed by atoms with Crippen molar-refractivity contribution in [2.45, 2.75) is 264 Å². The molecule has 0 spiro atoms. The Bertz CT molecular complexity index is 1380. The van der Waals surface area contributed by atoms with E-state index < -0.39 is 18.2 Å². The molecule has 3 N–H and O–H groups in total. The molecule has 0 aromatic heterocycles. The molecule has 0 aliphatic carbocycles. The molecule has 68 heavy (non-hydrogen) atoms. The Morgan fingerprint density at radius 3 is 1.38 bits per heavy atom. The number of carbonyl (C=O) groups is 2. The molecule has 1 amide bonds. The quantitative estimate of drug-likeness (QED) is 0.0244. The van der Waals surface area contributed by atoms with Gasteiger partial charge in [0.05, 0.1) is 25.2 Å². The summed E-state index contributed by atoms with van der Waals surface area (Å²) in [6, 6.07) is -0.739. The van der Waals surface area contributed by atoms with E-state index in [-0.39, 0.29) is 24.9 Å². The Hall–Kier alpha value is -3.48. The molecule has 0 aromatic rings. The lowest BCUT2D eigenvalue weighted by Gasteiger charge is -2.24. The Labute approximate surface area is 419 Å². The third kappa shape index (κ3) is 49.0. The van der Waals surface area contributed by atoms with Crippen LogP contribution in [0.5, 0.6) is 0 Å². The monoisotopic (exact) mass is 944 g/mol. The third-order valence-corrected chi connectivity index (χ3v) is 12.2. The highest BCUT2D eigenvalue weighted by molar-refractivity contribution is 5.77. The van der Waals surface area contributed by atoms with Gasteiger partial charge in [0, 0.05) is 6.42 Å². The number of carbonyl (C=O) groups excluding carboxylic acids is 2. The van der Waals surface area contributed by atoms with Gasteiger partial charge in [0.2, 0.25) is 5.91 Å². The number of hydrogen-bond donors (Lipinski definition) is 3. The minimum atomic E-state index is -0.820. The zero-order valence-corrected chi connectivity index (χ0v) is 44.2. The van der Waals surface area contributed by atoms with Crippen LogP contribution in [0.4, 0.5) is 0 Å². The van der Waals surface area contributed by atoms with Crippen LogP contribution < -0.4 is 5.32 Å². The molecule has 0 heterocycles. The molecule has 6 heteroatoms. The molecule has 0 saturated heterocycles. The molecule has 0 bridgehead atoms. The Morgan fingerprint density at radius 1 is 0.456 bits per heavy atom. The summed E-state index contributed by atoms with van der Waals surface area (Å²) in [7, 11) is 0. The highest BCUT2D eigenvalue weighted by Crippen LogP contribution is 2.17. The van der Waals surface area contributed by atoms with Crippen LogP contribution in [-0.2, 0) is 14.3 Å². The average Bonchev–Trinajstić information content (AvgIpc) is 3.33. The van der Waals surface area contributed by atoms with Gasteiger partial charge in [-0.15, -0.1) is 0 Å². The molecule has 0 radical (unpaired) electrons. The van der Waals surface area contributed by atoms with Gasteiger partial charge in [0.1, 0.15) is 6.10 Å². The van der Waals surface area contributed by atoms with Crippen LogP contribution in [0.2, 0.25) is 0 Å². The van der Waals surface area contributed by atoms with Gasteiger partial charge in [-0.2, -0.15) is 0 Å². The van der Waals surface area contributed by atoms with Crippen molar-refractivity contribution in [2.75, 3.05) is 6.61 Å². The van der Waals surface area contributed by atoms with Gasteiger partial charge in [-0.1, -0.05) is 265 Å². The first-order valence-corrected chi connectivity index (χ1v) is 28.2. The molecule has 388 valence electrons. The van der Waals surface area contributed by atoms with Gasteiger partial charge in [-0.25, -0.2) is 0 Å². The maximum absolute atomic E-state index is 13.3. The molecule has 0 aliphatic heterocycles. The van der Waals surface area contributed by atoms with E-state index >= 15 is 0 Å². The summed E-state index contributed by atoms with van der Waals surface area (Å²) in [5.41, 5.74) is 0. The predicted octanol–water partition coefficient (Wildman–Crippen LogP) is 17.5. The summed E-state index contributed by atoms with van der Waals surface area (Å²) in [5, 5.41) is 23.8. The maximum Gasteiger partial charge on any atom is 0.306 e. The first kappa shape index (κ1) is 64.5. The van der Waals surface area contributed by atoms with Crippen LogP contribution >= 0.6 is 0 Å². The van der Waals surface area contributed by atoms with Crippen LogP contribution in [0.15, 0.2) is 109 Å². The number of aliphatic hydroxyl groups is 2.